The van der Waals surface area contributed by atoms with Crippen molar-refractivity contribution in [3.8, 4) is 0 Å². The van der Waals surface area contributed by atoms with Crippen molar-refractivity contribution in [1.29, 1.82) is 0 Å². The summed E-state index contributed by atoms with van der Waals surface area (Å²) in [7, 11) is 1.39. The van der Waals surface area contributed by atoms with Crippen molar-refractivity contribution in [2.75, 3.05) is 13.1 Å². The molecule has 9 heteroatoms. The third-order valence-electron chi connectivity index (χ3n) is 3.84. The van der Waals surface area contributed by atoms with E-state index in [2.05, 4.69) is 20.7 Å². The molecule has 1 unspecified atom stereocenters. The van der Waals surface area contributed by atoms with Crippen LogP contribution in [0.1, 0.15) is 28.9 Å². The molecule has 1 aliphatic heterocycles. The Hall–Kier alpha value is -2.16. The van der Waals surface area contributed by atoms with E-state index in [1.807, 2.05) is 0 Å². The first-order valence-corrected chi connectivity index (χ1v) is 7.28. The number of halogens is 3. The van der Waals surface area contributed by atoms with Gasteiger partial charge in [-0.3, -0.25) is 4.79 Å². The van der Waals surface area contributed by atoms with Gasteiger partial charge in [0.15, 0.2) is 11.3 Å². The largest absolute Gasteiger partial charge is 0.435 e. The molecule has 0 spiro atoms. The Morgan fingerprint density at radius 3 is 2.91 bits per heavy atom. The molecular formula is C14H16F3N5O. The highest BCUT2D eigenvalue weighted by Crippen LogP contribution is 2.33. The number of carbonyl (C=O) groups excluding carboxylic acids is 1. The van der Waals surface area contributed by atoms with Crippen LogP contribution in [0.2, 0.25) is 0 Å². The summed E-state index contributed by atoms with van der Waals surface area (Å²) < 4.78 is 40.1. The van der Waals surface area contributed by atoms with Gasteiger partial charge in [-0.2, -0.15) is 18.3 Å². The fourth-order valence-corrected chi connectivity index (χ4v) is 2.72. The maximum absolute atomic E-state index is 13.0. The molecule has 3 heterocycles. The van der Waals surface area contributed by atoms with Crippen LogP contribution in [0.3, 0.4) is 0 Å². The summed E-state index contributed by atoms with van der Waals surface area (Å²) in [5, 5.41) is 9.27. The second-order valence-corrected chi connectivity index (χ2v) is 5.58. The summed E-state index contributed by atoms with van der Waals surface area (Å²) in [6, 6.07) is 1.17. The summed E-state index contributed by atoms with van der Waals surface area (Å²) in [4.78, 5) is 16.2. The summed E-state index contributed by atoms with van der Waals surface area (Å²) in [6.45, 7) is 1.56. The van der Waals surface area contributed by atoms with Gasteiger partial charge in [0.25, 0.3) is 5.91 Å². The van der Waals surface area contributed by atoms with Crippen molar-refractivity contribution >= 4 is 16.9 Å². The first-order chi connectivity index (χ1) is 10.9. The van der Waals surface area contributed by atoms with E-state index in [0.29, 0.717) is 6.54 Å². The van der Waals surface area contributed by atoms with Crippen LogP contribution >= 0.6 is 0 Å². The zero-order valence-corrected chi connectivity index (χ0v) is 12.4. The van der Waals surface area contributed by atoms with Gasteiger partial charge in [-0.05, 0) is 25.5 Å². The lowest BCUT2D eigenvalue weighted by molar-refractivity contribution is -0.140. The molecule has 1 amide bonds. The van der Waals surface area contributed by atoms with Gasteiger partial charge in [-0.1, -0.05) is 0 Å². The quantitative estimate of drug-likeness (QED) is 0.876. The van der Waals surface area contributed by atoms with Crippen LogP contribution in [0.5, 0.6) is 0 Å². The molecule has 1 fully saturated rings. The third kappa shape index (κ3) is 3.14. The van der Waals surface area contributed by atoms with Crippen LogP contribution in [0.25, 0.3) is 11.0 Å². The van der Waals surface area contributed by atoms with E-state index in [-0.39, 0.29) is 22.6 Å². The van der Waals surface area contributed by atoms with Crippen LogP contribution in [0.4, 0.5) is 13.2 Å². The summed E-state index contributed by atoms with van der Waals surface area (Å²) in [6.07, 6.45) is -1.53. The monoisotopic (exact) mass is 327 g/mol. The summed E-state index contributed by atoms with van der Waals surface area (Å²) in [5.41, 5.74) is -0.841. The molecule has 1 atom stereocenters. The number of hydrogen-bond donors (Lipinski definition) is 2. The molecule has 0 radical (unpaired) electrons. The predicted molar refractivity (Wildman–Crippen MR) is 76.9 cm³/mol. The van der Waals surface area contributed by atoms with Crippen LogP contribution < -0.4 is 10.6 Å². The molecule has 1 aliphatic rings. The minimum Gasteiger partial charge on any atom is -0.348 e. The number of nitrogens with one attached hydrogen (secondary N) is 2. The van der Waals surface area contributed by atoms with E-state index in [9.17, 15) is 18.0 Å². The number of rotatable bonds is 2. The normalized spacial score (nSPS) is 19.0. The molecule has 2 aromatic heterocycles. The zero-order valence-electron chi connectivity index (χ0n) is 12.4. The van der Waals surface area contributed by atoms with E-state index in [4.69, 9.17) is 0 Å². The second-order valence-electron chi connectivity index (χ2n) is 5.58. The molecule has 23 heavy (non-hydrogen) atoms. The van der Waals surface area contributed by atoms with Gasteiger partial charge in [0.2, 0.25) is 0 Å². The Labute approximate surface area is 130 Å². The first-order valence-electron chi connectivity index (χ1n) is 7.28. The predicted octanol–water partition coefficient (Wildman–Crippen LogP) is 1.47. The zero-order chi connectivity index (χ0) is 16.6. The van der Waals surface area contributed by atoms with E-state index in [0.717, 1.165) is 24.1 Å². The number of piperidine rings is 1. The number of aromatic nitrogens is 3. The van der Waals surface area contributed by atoms with E-state index in [1.54, 1.807) is 0 Å². The van der Waals surface area contributed by atoms with Crippen molar-refractivity contribution in [3.05, 3.63) is 23.5 Å². The molecule has 0 saturated carbocycles. The van der Waals surface area contributed by atoms with Gasteiger partial charge in [0.05, 0.1) is 10.9 Å². The minimum atomic E-state index is -4.59. The number of carbonyl (C=O) groups is 1. The van der Waals surface area contributed by atoms with Gasteiger partial charge in [-0.25, -0.2) is 9.67 Å². The SMILES string of the molecule is Cn1nc(C(F)(F)F)c2cc(C(=O)NC3CCCNC3)cnc21. The van der Waals surface area contributed by atoms with E-state index >= 15 is 0 Å². The van der Waals surface area contributed by atoms with E-state index < -0.39 is 17.8 Å². The van der Waals surface area contributed by atoms with Gasteiger partial charge in [0.1, 0.15) is 0 Å². The van der Waals surface area contributed by atoms with Crippen LogP contribution in [-0.2, 0) is 13.2 Å². The van der Waals surface area contributed by atoms with Crippen molar-refractivity contribution in [2.24, 2.45) is 7.05 Å². The number of hydrogen-bond acceptors (Lipinski definition) is 4. The number of nitrogens with zero attached hydrogens (tertiary/aromatic N) is 3. The molecule has 1 saturated heterocycles. The standard InChI is InChI=1S/C14H16F3N5O/c1-22-12-10(11(21-22)14(15,16)17)5-8(6-19-12)13(23)20-9-3-2-4-18-7-9/h5-6,9,18H,2-4,7H2,1H3,(H,20,23). The second kappa shape index (κ2) is 5.80. The third-order valence-corrected chi connectivity index (χ3v) is 3.84. The van der Waals surface area contributed by atoms with Gasteiger partial charge < -0.3 is 10.6 Å². The average Bonchev–Trinajstić information content (AvgIpc) is 2.85. The molecule has 124 valence electrons. The maximum Gasteiger partial charge on any atom is 0.435 e. The lowest BCUT2D eigenvalue weighted by Gasteiger charge is -2.23. The summed E-state index contributed by atoms with van der Waals surface area (Å²) >= 11 is 0. The minimum absolute atomic E-state index is 0.0251. The Morgan fingerprint density at radius 2 is 2.26 bits per heavy atom. The van der Waals surface area contributed by atoms with Crippen molar-refractivity contribution in [2.45, 2.75) is 25.1 Å². The highest BCUT2D eigenvalue weighted by molar-refractivity contribution is 5.97. The molecule has 2 aromatic rings. The molecule has 6 nitrogen and oxygen atoms in total. The van der Waals surface area contributed by atoms with Crippen LogP contribution in [0.15, 0.2) is 12.3 Å². The topological polar surface area (TPSA) is 71.8 Å². The Bertz CT molecular complexity index is 734. The van der Waals surface area contributed by atoms with Crippen LogP contribution in [-0.4, -0.2) is 39.8 Å². The van der Waals surface area contributed by atoms with Gasteiger partial charge in [-0.15, -0.1) is 0 Å². The lowest BCUT2D eigenvalue weighted by Crippen LogP contribution is -2.45. The average molecular weight is 327 g/mol. The van der Waals surface area contributed by atoms with Crippen molar-refractivity contribution in [3.63, 3.8) is 0 Å². The molecule has 0 bridgehead atoms. The number of amides is 1. The van der Waals surface area contributed by atoms with Crippen molar-refractivity contribution in [1.82, 2.24) is 25.4 Å². The smallest absolute Gasteiger partial charge is 0.348 e. The molecule has 3 rings (SSSR count). The number of aryl methyl sites for hydroxylation is 1. The summed E-state index contributed by atoms with van der Waals surface area (Å²) in [5.74, 6) is -0.426. The first kappa shape index (κ1) is 15.7. The number of fused-ring (bicyclic) bond motifs is 1. The Kier molecular flexibility index (Phi) is 3.97. The Balaban J connectivity index is 1.91. The van der Waals surface area contributed by atoms with Gasteiger partial charge >= 0.3 is 6.18 Å². The fourth-order valence-electron chi connectivity index (χ4n) is 2.72. The molecule has 2 N–H and O–H groups in total. The van der Waals surface area contributed by atoms with E-state index in [1.165, 1.54) is 19.3 Å². The lowest BCUT2D eigenvalue weighted by atomic mass is 10.1. The molecular weight excluding hydrogens is 311 g/mol. The number of alkyl halides is 3. The number of pyridine rings is 1. The van der Waals surface area contributed by atoms with Crippen LogP contribution in [0, 0.1) is 0 Å². The molecule has 0 aliphatic carbocycles. The highest BCUT2D eigenvalue weighted by Gasteiger charge is 2.37. The maximum atomic E-state index is 13.0. The fraction of sp³-hybridized carbons (Fsp3) is 0.500. The Morgan fingerprint density at radius 1 is 1.48 bits per heavy atom. The highest BCUT2D eigenvalue weighted by atomic mass is 19.4. The van der Waals surface area contributed by atoms with Crippen molar-refractivity contribution < 1.29 is 18.0 Å². The molecule has 0 aromatic carbocycles. The van der Waals surface area contributed by atoms with Gasteiger partial charge in [0, 0.05) is 25.8 Å².